The third kappa shape index (κ3) is 2.95. The molecule has 0 radical (unpaired) electrons. The average Bonchev–Trinajstić information content (AvgIpc) is 2.71. The molecule has 0 unspecified atom stereocenters. The molecule has 4 heteroatoms. The molecule has 0 aliphatic carbocycles. The third-order valence-electron chi connectivity index (χ3n) is 2.13. The smallest absolute Gasteiger partial charge is 0.0559 e. The fraction of sp³-hybridized carbons (Fsp3) is 0.0909. The molecule has 15 heavy (non-hydrogen) atoms. The lowest BCUT2D eigenvalue weighted by molar-refractivity contribution is 0.877. The standard InChI is InChI=1S/C11H10ClNS.ClH/c12-10-3-1-8(2-4-10)11(13)9-5-6-14-7-9;/h1-7,11H,13H2;1H/t11-;/m0./s1. The molecule has 0 amide bonds. The summed E-state index contributed by atoms with van der Waals surface area (Å²) >= 11 is 7.46. The van der Waals surface area contributed by atoms with Crippen LogP contribution in [-0.2, 0) is 0 Å². The lowest BCUT2D eigenvalue weighted by atomic mass is 10.0. The van der Waals surface area contributed by atoms with Crippen molar-refractivity contribution in [1.82, 2.24) is 0 Å². The first-order chi connectivity index (χ1) is 6.77. The van der Waals surface area contributed by atoms with Gasteiger partial charge in [0, 0.05) is 5.02 Å². The van der Waals surface area contributed by atoms with Crippen molar-refractivity contribution in [3.8, 4) is 0 Å². The van der Waals surface area contributed by atoms with Crippen LogP contribution in [0.2, 0.25) is 5.02 Å². The number of nitrogens with two attached hydrogens (primary N) is 1. The Hall–Kier alpha value is -0.540. The summed E-state index contributed by atoms with van der Waals surface area (Å²) in [6.45, 7) is 0. The van der Waals surface area contributed by atoms with Gasteiger partial charge in [0.1, 0.15) is 0 Å². The summed E-state index contributed by atoms with van der Waals surface area (Å²) in [5.41, 5.74) is 8.32. The molecule has 0 aliphatic rings. The third-order valence-corrected chi connectivity index (χ3v) is 3.08. The minimum Gasteiger partial charge on any atom is -0.320 e. The van der Waals surface area contributed by atoms with Crippen LogP contribution in [0.5, 0.6) is 0 Å². The molecular weight excluding hydrogens is 249 g/mol. The lowest BCUT2D eigenvalue weighted by Gasteiger charge is -2.09. The Bertz CT molecular complexity index is 397. The minimum absolute atomic E-state index is 0. The predicted molar refractivity (Wildman–Crippen MR) is 69.0 cm³/mol. The van der Waals surface area contributed by atoms with Gasteiger partial charge < -0.3 is 5.73 Å². The van der Waals surface area contributed by atoms with Crippen LogP contribution in [0.4, 0.5) is 0 Å². The highest BCUT2D eigenvalue weighted by Gasteiger charge is 2.08. The molecule has 0 bridgehead atoms. The molecule has 0 saturated carbocycles. The van der Waals surface area contributed by atoms with Crippen LogP contribution in [0, 0.1) is 0 Å². The summed E-state index contributed by atoms with van der Waals surface area (Å²) in [7, 11) is 0. The van der Waals surface area contributed by atoms with E-state index in [4.69, 9.17) is 17.3 Å². The van der Waals surface area contributed by atoms with Gasteiger partial charge in [-0.2, -0.15) is 11.3 Å². The summed E-state index contributed by atoms with van der Waals surface area (Å²) in [6.07, 6.45) is 0. The molecule has 80 valence electrons. The van der Waals surface area contributed by atoms with Crippen molar-refractivity contribution in [3.05, 3.63) is 57.2 Å². The molecule has 1 aromatic carbocycles. The highest BCUT2D eigenvalue weighted by atomic mass is 35.5. The van der Waals surface area contributed by atoms with E-state index >= 15 is 0 Å². The molecule has 1 aromatic heterocycles. The molecule has 0 aliphatic heterocycles. The van der Waals surface area contributed by atoms with Gasteiger partial charge in [0.05, 0.1) is 6.04 Å². The lowest BCUT2D eigenvalue weighted by Crippen LogP contribution is -2.10. The van der Waals surface area contributed by atoms with E-state index in [9.17, 15) is 0 Å². The van der Waals surface area contributed by atoms with Gasteiger partial charge in [-0.1, -0.05) is 23.7 Å². The summed E-state index contributed by atoms with van der Waals surface area (Å²) in [6, 6.07) is 9.66. The Kier molecular flexibility index (Phi) is 4.61. The minimum atomic E-state index is -0.0430. The van der Waals surface area contributed by atoms with Gasteiger partial charge >= 0.3 is 0 Å². The number of hydrogen-bond donors (Lipinski definition) is 1. The molecule has 0 spiro atoms. The van der Waals surface area contributed by atoms with Gasteiger partial charge in [-0.15, -0.1) is 12.4 Å². The molecule has 2 aromatic rings. The number of benzene rings is 1. The second-order valence-electron chi connectivity index (χ2n) is 3.09. The Labute approximate surface area is 104 Å². The van der Waals surface area contributed by atoms with Crippen molar-refractivity contribution in [2.24, 2.45) is 5.73 Å². The number of thiophene rings is 1. The Morgan fingerprint density at radius 2 is 1.73 bits per heavy atom. The van der Waals surface area contributed by atoms with E-state index in [2.05, 4.69) is 5.38 Å². The van der Waals surface area contributed by atoms with Crippen molar-refractivity contribution in [1.29, 1.82) is 0 Å². The maximum Gasteiger partial charge on any atom is 0.0559 e. The summed E-state index contributed by atoms with van der Waals surface area (Å²) in [5, 5.41) is 4.84. The van der Waals surface area contributed by atoms with Gasteiger partial charge in [-0.25, -0.2) is 0 Å². The fourth-order valence-corrected chi connectivity index (χ4v) is 2.14. The monoisotopic (exact) mass is 259 g/mol. The predicted octanol–water partition coefficient (Wildman–Crippen LogP) is 3.87. The first kappa shape index (κ1) is 12.5. The second kappa shape index (κ2) is 5.52. The topological polar surface area (TPSA) is 26.0 Å². The van der Waals surface area contributed by atoms with E-state index in [1.165, 1.54) is 0 Å². The van der Waals surface area contributed by atoms with E-state index in [0.29, 0.717) is 0 Å². The van der Waals surface area contributed by atoms with Crippen molar-refractivity contribution in [2.45, 2.75) is 6.04 Å². The zero-order valence-corrected chi connectivity index (χ0v) is 10.3. The van der Waals surface area contributed by atoms with Crippen LogP contribution < -0.4 is 5.73 Å². The molecule has 1 nitrogen and oxygen atoms in total. The van der Waals surface area contributed by atoms with E-state index in [1.807, 2.05) is 35.7 Å². The summed E-state index contributed by atoms with van der Waals surface area (Å²) in [5.74, 6) is 0. The fourth-order valence-electron chi connectivity index (χ4n) is 1.31. The van der Waals surface area contributed by atoms with Crippen molar-refractivity contribution in [3.63, 3.8) is 0 Å². The van der Waals surface area contributed by atoms with E-state index in [1.54, 1.807) is 11.3 Å². The first-order valence-corrected chi connectivity index (χ1v) is 5.62. The van der Waals surface area contributed by atoms with Crippen LogP contribution >= 0.6 is 35.3 Å². The van der Waals surface area contributed by atoms with E-state index < -0.39 is 0 Å². The Morgan fingerprint density at radius 3 is 2.27 bits per heavy atom. The quantitative estimate of drug-likeness (QED) is 0.871. The highest BCUT2D eigenvalue weighted by Crippen LogP contribution is 2.22. The maximum atomic E-state index is 6.07. The molecule has 1 atom stereocenters. The molecule has 1 heterocycles. The first-order valence-electron chi connectivity index (χ1n) is 4.30. The van der Waals surface area contributed by atoms with Gasteiger partial charge in [0.15, 0.2) is 0 Å². The summed E-state index contributed by atoms with van der Waals surface area (Å²) < 4.78 is 0. The van der Waals surface area contributed by atoms with Crippen LogP contribution in [-0.4, -0.2) is 0 Å². The van der Waals surface area contributed by atoms with E-state index in [-0.39, 0.29) is 18.4 Å². The van der Waals surface area contributed by atoms with E-state index in [0.717, 1.165) is 16.1 Å². The van der Waals surface area contributed by atoms with Crippen LogP contribution in [0.1, 0.15) is 17.2 Å². The summed E-state index contributed by atoms with van der Waals surface area (Å²) in [4.78, 5) is 0. The number of halogens is 2. The Morgan fingerprint density at radius 1 is 1.07 bits per heavy atom. The zero-order chi connectivity index (χ0) is 9.97. The average molecular weight is 260 g/mol. The molecule has 2 N–H and O–H groups in total. The largest absolute Gasteiger partial charge is 0.320 e. The van der Waals surface area contributed by atoms with Crippen LogP contribution in [0.25, 0.3) is 0 Å². The van der Waals surface area contributed by atoms with Crippen molar-refractivity contribution >= 4 is 35.3 Å². The molecular formula is C11H11Cl2NS. The van der Waals surface area contributed by atoms with Gasteiger partial charge in [0.2, 0.25) is 0 Å². The second-order valence-corrected chi connectivity index (χ2v) is 4.30. The number of rotatable bonds is 2. The van der Waals surface area contributed by atoms with Crippen LogP contribution in [0.15, 0.2) is 41.1 Å². The van der Waals surface area contributed by atoms with Gasteiger partial charge in [0.25, 0.3) is 0 Å². The van der Waals surface area contributed by atoms with Crippen molar-refractivity contribution < 1.29 is 0 Å². The molecule has 2 rings (SSSR count). The zero-order valence-electron chi connectivity index (χ0n) is 7.89. The maximum absolute atomic E-state index is 6.07. The van der Waals surface area contributed by atoms with Crippen molar-refractivity contribution in [2.75, 3.05) is 0 Å². The molecule has 0 saturated heterocycles. The van der Waals surface area contributed by atoms with Gasteiger partial charge in [-0.3, -0.25) is 0 Å². The van der Waals surface area contributed by atoms with Gasteiger partial charge in [-0.05, 0) is 40.1 Å². The normalized spacial score (nSPS) is 11.9. The van der Waals surface area contributed by atoms with Crippen LogP contribution in [0.3, 0.4) is 0 Å². The molecule has 0 fully saturated rings. The SMILES string of the molecule is Cl.N[C@@H](c1ccc(Cl)cc1)c1ccsc1. The Balaban J connectivity index is 0.00000112. The highest BCUT2D eigenvalue weighted by molar-refractivity contribution is 7.08. The number of hydrogen-bond acceptors (Lipinski definition) is 2.